The van der Waals surface area contributed by atoms with Gasteiger partial charge < -0.3 is 4.98 Å². The number of H-pyrrole nitrogens is 1. The highest BCUT2D eigenvalue weighted by atomic mass is 32.2. The number of nitrogens with zero attached hydrogens (tertiary/aromatic N) is 1. The number of Topliss-reactive ketones (excluding diaryl/α,β-unsaturated/α-hetero) is 1. The molecule has 0 aliphatic rings. The Labute approximate surface area is 121 Å². The fourth-order valence-corrected chi connectivity index (χ4v) is 2.35. The maximum atomic E-state index is 12.5. The fourth-order valence-electron chi connectivity index (χ4n) is 1.90. The summed E-state index contributed by atoms with van der Waals surface area (Å²) in [5.41, 5.74) is 0.505. The Morgan fingerprint density at radius 2 is 1.95 bits per heavy atom. The zero-order valence-corrected chi connectivity index (χ0v) is 12.5. The lowest BCUT2D eigenvalue weighted by atomic mass is 9.99. The lowest BCUT2D eigenvalue weighted by molar-refractivity contribution is -0.384. The quantitative estimate of drug-likeness (QED) is 0.528. The van der Waals surface area contributed by atoms with Gasteiger partial charge in [-0.2, -0.15) is 0 Å². The molecule has 0 saturated heterocycles. The Morgan fingerprint density at radius 3 is 2.48 bits per heavy atom. The number of nitrogens with one attached hydrogen (secondary N) is 1. The number of fused-ring (bicyclic) bond motifs is 1. The van der Waals surface area contributed by atoms with Gasteiger partial charge in [-0.3, -0.25) is 14.9 Å². The molecule has 0 unspecified atom stereocenters. The van der Waals surface area contributed by atoms with Crippen molar-refractivity contribution in [3.8, 4) is 0 Å². The highest BCUT2D eigenvalue weighted by Crippen LogP contribution is 2.29. The molecule has 0 radical (unpaired) electrons. The lowest BCUT2D eigenvalue weighted by Crippen LogP contribution is -2.39. The minimum Gasteiger partial charge on any atom is -0.360 e. The Balaban J connectivity index is 2.65. The van der Waals surface area contributed by atoms with Crippen LogP contribution in [0.3, 0.4) is 0 Å². The lowest BCUT2D eigenvalue weighted by Gasteiger charge is -2.20. The molecule has 8 heteroatoms. The number of aromatic amines is 1. The van der Waals surface area contributed by atoms with E-state index >= 15 is 0 Å². The largest absolute Gasteiger partial charge is 0.360 e. The fraction of sp³-hybridized carbons (Fsp3) is 0.308. The molecule has 0 atom stereocenters. The third-order valence-electron chi connectivity index (χ3n) is 3.59. The van der Waals surface area contributed by atoms with Gasteiger partial charge in [0.25, 0.3) is 5.69 Å². The number of aromatic nitrogens is 1. The van der Waals surface area contributed by atoms with Gasteiger partial charge in [0, 0.05) is 41.1 Å². The van der Waals surface area contributed by atoms with Gasteiger partial charge >= 0.3 is 0 Å². The summed E-state index contributed by atoms with van der Waals surface area (Å²) in [6.45, 7) is 2.64. The summed E-state index contributed by atoms with van der Waals surface area (Å²) in [5, 5.41) is 11.2. The number of hydrogen-bond acceptors (Lipinski definition) is 5. The summed E-state index contributed by atoms with van der Waals surface area (Å²) >= 11 is 0. The van der Waals surface area contributed by atoms with Crippen molar-refractivity contribution in [2.75, 3.05) is 6.26 Å². The van der Waals surface area contributed by atoms with Crippen LogP contribution in [0.4, 0.5) is 5.69 Å². The first-order valence-corrected chi connectivity index (χ1v) is 7.95. The summed E-state index contributed by atoms with van der Waals surface area (Å²) in [4.78, 5) is 25.6. The van der Waals surface area contributed by atoms with Gasteiger partial charge in [0.05, 0.1) is 4.92 Å². The third-order valence-corrected chi connectivity index (χ3v) is 5.63. The Bertz CT molecular complexity index is 849. The smallest absolute Gasteiger partial charge is 0.270 e. The highest BCUT2D eigenvalue weighted by Gasteiger charge is 2.39. The molecule has 0 aliphatic carbocycles. The number of nitro benzene ring substituents is 1. The van der Waals surface area contributed by atoms with E-state index in [0.29, 0.717) is 10.9 Å². The molecule has 0 fully saturated rings. The molecule has 0 bridgehead atoms. The Morgan fingerprint density at radius 1 is 1.33 bits per heavy atom. The van der Waals surface area contributed by atoms with Crippen molar-refractivity contribution < 1.29 is 18.1 Å². The van der Waals surface area contributed by atoms with E-state index in [9.17, 15) is 23.3 Å². The van der Waals surface area contributed by atoms with Gasteiger partial charge in [0.2, 0.25) is 0 Å². The van der Waals surface area contributed by atoms with Crippen LogP contribution < -0.4 is 0 Å². The van der Waals surface area contributed by atoms with Crippen molar-refractivity contribution in [3.05, 3.63) is 40.1 Å². The van der Waals surface area contributed by atoms with Crippen LogP contribution in [0.2, 0.25) is 0 Å². The average Bonchev–Trinajstić information content (AvgIpc) is 2.78. The highest BCUT2D eigenvalue weighted by molar-refractivity contribution is 7.92. The van der Waals surface area contributed by atoms with Gasteiger partial charge in [-0.1, -0.05) is 0 Å². The van der Waals surface area contributed by atoms with Crippen LogP contribution in [-0.4, -0.2) is 35.1 Å². The van der Waals surface area contributed by atoms with Crippen LogP contribution >= 0.6 is 0 Å². The third kappa shape index (κ3) is 2.42. The van der Waals surface area contributed by atoms with E-state index in [1.54, 1.807) is 0 Å². The Hall–Kier alpha value is -2.22. The van der Waals surface area contributed by atoms with Crippen molar-refractivity contribution in [1.82, 2.24) is 4.98 Å². The van der Waals surface area contributed by atoms with Crippen LogP contribution in [0, 0.1) is 10.1 Å². The van der Waals surface area contributed by atoms with Crippen molar-refractivity contribution in [2.24, 2.45) is 0 Å². The summed E-state index contributed by atoms with van der Waals surface area (Å²) in [7, 11) is -3.62. The molecule has 0 spiro atoms. The summed E-state index contributed by atoms with van der Waals surface area (Å²) < 4.78 is 21.9. The molecule has 0 amide bonds. The molecule has 1 N–H and O–H groups in total. The standard InChI is InChI=1S/C13H14N2O5S/c1-13(2,21(3,19)20)12(16)10-7-14-11-5-4-8(15(17)18)6-9(10)11/h4-7,14H,1-3H3. The number of rotatable bonds is 4. The van der Waals surface area contributed by atoms with Gasteiger partial charge in [0.1, 0.15) is 4.75 Å². The van der Waals surface area contributed by atoms with Crippen molar-refractivity contribution in [1.29, 1.82) is 0 Å². The normalized spacial score (nSPS) is 12.5. The van der Waals surface area contributed by atoms with E-state index in [1.807, 2.05) is 0 Å². The van der Waals surface area contributed by atoms with E-state index in [4.69, 9.17) is 0 Å². The van der Waals surface area contributed by atoms with E-state index < -0.39 is 25.3 Å². The molecule has 0 aliphatic heterocycles. The first-order valence-electron chi connectivity index (χ1n) is 6.05. The zero-order valence-electron chi connectivity index (χ0n) is 11.7. The number of ketones is 1. The second-order valence-corrected chi connectivity index (χ2v) is 7.87. The van der Waals surface area contributed by atoms with Gasteiger partial charge in [-0.15, -0.1) is 0 Å². The maximum Gasteiger partial charge on any atom is 0.270 e. The van der Waals surface area contributed by atoms with Crippen molar-refractivity contribution in [3.63, 3.8) is 0 Å². The first-order chi connectivity index (χ1) is 9.55. The van der Waals surface area contributed by atoms with E-state index in [0.717, 1.165) is 6.26 Å². The SMILES string of the molecule is CC(C)(C(=O)c1c[nH]c2ccc([N+](=O)[O-])cc12)S(C)(=O)=O. The minimum atomic E-state index is -3.62. The number of sulfone groups is 1. The molecular formula is C13H14N2O5S. The maximum absolute atomic E-state index is 12.5. The molecule has 1 heterocycles. The van der Waals surface area contributed by atoms with Crippen LogP contribution in [0.25, 0.3) is 10.9 Å². The van der Waals surface area contributed by atoms with Gasteiger partial charge in [-0.05, 0) is 19.9 Å². The monoisotopic (exact) mass is 310 g/mol. The second kappa shape index (κ2) is 4.66. The molecule has 2 rings (SSSR count). The predicted molar refractivity (Wildman–Crippen MR) is 78.2 cm³/mol. The van der Waals surface area contributed by atoms with Gasteiger partial charge in [-0.25, -0.2) is 8.42 Å². The molecular weight excluding hydrogens is 296 g/mol. The molecule has 21 heavy (non-hydrogen) atoms. The summed E-state index contributed by atoms with van der Waals surface area (Å²) in [5.74, 6) is -0.600. The van der Waals surface area contributed by atoms with Crippen molar-refractivity contribution in [2.45, 2.75) is 18.6 Å². The number of nitro groups is 1. The number of non-ortho nitro benzene ring substituents is 1. The molecule has 7 nitrogen and oxygen atoms in total. The van der Waals surface area contributed by atoms with Crippen LogP contribution in [0.1, 0.15) is 24.2 Å². The molecule has 1 aromatic heterocycles. The molecule has 1 aromatic carbocycles. The van der Waals surface area contributed by atoms with Crippen LogP contribution in [0.15, 0.2) is 24.4 Å². The topological polar surface area (TPSA) is 110 Å². The van der Waals surface area contributed by atoms with Gasteiger partial charge in [0.15, 0.2) is 15.6 Å². The van der Waals surface area contributed by atoms with Crippen LogP contribution in [0.5, 0.6) is 0 Å². The molecule has 112 valence electrons. The molecule has 2 aromatic rings. The summed E-state index contributed by atoms with van der Waals surface area (Å²) in [6, 6.07) is 4.06. The van der Waals surface area contributed by atoms with Crippen LogP contribution in [-0.2, 0) is 9.84 Å². The number of benzene rings is 1. The first kappa shape index (κ1) is 15.2. The molecule has 0 saturated carbocycles. The minimum absolute atomic E-state index is 0.129. The number of carbonyl (C=O) groups is 1. The zero-order chi connectivity index (χ0) is 16.0. The number of hydrogen-bond donors (Lipinski definition) is 1. The predicted octanol–water partition coefficient (Wildman–Crippen LogP) is 2.08. The summed E-state index contributed by atoms with van der Waals surface area (Å²) in [6.07, 6.45) is 2.37. The number of carbonyl (C=O) groups excluding carboxylic acids is 1. The van der Waals surface area contributed by atoms with E-state index in [2.05, 4.69) is 4.98 Å². The Kier molecular flexibility index (Phi) is 3.37. The van der Waals surface area contributed by atoms with E-state index in [1.165, 1.54) is 38.2 Å². The average molecular weight is 310 g/mol. The van der Waals surface area contributed by atoms with E-state index in [-0.39, 0.29) is 11.3 Å². The second-order valence-electron chi connectivity index (χ2n) is 5.30. The van der Waals surface area contributed by atoms with Crippen molar-refractivity contribution >= 4 is 32.2 Å².